The number of rotatable bonds is 12. The molecule has 0 aromatic heterocycles. The molecule has 0 heterocycles. The van der Waals surface area contributed by atoms with Crippen LogP contribution in [0.4, 0.5) is 5.69 Å². The van der Waals surface area contributed by atoms with E-state index in [2.05, 4.69) is 5.32 Å². The standard InChI is InChI=1S/C36H37Cl2N3O4S/c37-29-16-12-19-31(24-29)41(46(44,45)32-20-8-3-9-21-32)26-35(42)40(25-28-15-10-11-22-33(28)38)34(23-27-13-4-1-5-14-27)36(43)39-30-17-6-2-7-18-30/h1,3-5,8-16,19-22,24,30,34H,2,6-7,17-18,23,25-26H2,(H,39,43)/t34-/m0/s1. The van der Waals surface area contributed by atoms with Crippen molar-refractivity contribution in [2.75, 3.05) is 10.8 Å². The molecule has 1 N–H and O–H groups in total. The number of amides is 2. The lowest BCUT2D eigenvalue weighted by Gasteiger charge is -2.35. The van der Waals surface area contributed by atoms with Gasteiger partial charge >= 0.3 is 0 Å². The van der Waals surface area contributed by atoms with Gasteiger partial charge in [0.05, 0.1) is 10.6 Å². The fourth-order valence-corrected chi connectivity index (χ4v) is 7.60. The lowest BCUT2D eigenvalue weighted by atomic mass is 9.94. The van der Waals surface area contributed by atoms with Crippen LogP contribution >= 0.6 is 23.2 Å². The molecule has 10 heteroatoms. The summed E-state index contributed by atoms with van der Waals surface area (Å²) in [6.45, 7) is -0.563. The summed E-state index contributed by atoms with van der Waals surface area (Å²) in [5, 5.41) is 3.97. The zero-order valence-electron chi connectivity index (χ0n) is 25.4. The summed E-state index contributed by atoms with van der Waals surface area (Å²) in [6, 6.07) is 30.0. The Bertz CT molecular complexity index is 1730. The van der Waals surface area contributed by atoms with E-state index in [4.69, 9.17) is 23.2 Å². The molecule has 0 radical (unpaired) electrons. The molecule has 5 rings (SSSR count). The van der Waals surface area contributed by atoms with E-state index in [9.17, 15) is 18.0 Å². The van der Waals surface area contributed by atoms with Crippen molar-refractivity contribution in [1.82, 2.24) is 10.2 Å². The molecular weight excluding hydrogens is 641 g/mol. The average molecular weight is 679 g/mol. The minimum Gasteiger partial charge on any atom is -0.352 e. The van der Waals surface area contributed by atoms with Crippen molar-refractivity contribution < 1.29 is 18.0 Å². The molecule has 7 nitrogen and oxygen atoms in total. The van der Waals surface area contributed by atoms with Gasteiger partial charge in [-0.15, -0.1) is 0 Å². The maximum Gasteiger partial charge on any atom is 0.264 e. The third-order valence-electron chi connectivity index (χ3n) is 8.23. The number of nitrogens with one attached hydrogen (secondary N) is 1. The Morgan fingerprint density at radius 3 is 2.13 bits per heavy atom. The first kappa shape index (κ1) is 33.5. The van der Waals surface area contributed by atoms with Gasteiger partial charge in [0.15, 0.2) is 0 Å². The molecule has 0 saturated heterocycles. The van der Waals surface area contributed by atoms with Crippen molar-refractivity contribution in [3.05, 3.63) is 130 Å². The van der Waals surface area contributed by atoms with Crippen LogP contribution in [-0.4, -0.2) is 43.8 Å². The predicted octanol–water partition coefficient (Wildman–Crippen LogP) is 7.28. The van der Waals surface area contributed by atoms with Gasteiger partial charge in [-0.3, -0.25) is 13.9 Å². The van der Waals surface area contributed by atoms with Gasteiger partial charge in [0.25, 0.3) is 10.0 Å². The highest BCUT2D eigenvalue weighted by atomic mass is 35.5. The minimum atomic E-state index is -4.21. The van der Waals surface area contributed by atoms with E-state index in [1.165, 1.54) is 23.1 Å². The van der Waals surface area contributed by atoms with Gasteiger partial charge in [-0.1, -0.05) is 115 Å². The van der Waals surface area contributed by atoms with Crippen LogP contribution in [0, 0.1) is 0 Å². The number of hydrogen-bond acceptors (Lipinski definition) is 4. The molecule has 4 aromatic rings. The molecule has 2 amide bonds. The number of benzene rings is 4. The number of hydrogen-bond donors (Lipinski definition) is 1. The van der Waals surface area contributed by atoms with E-state index in [0.29, 0.717) is 15.6 Å². The minimum absolute atomic E-state index is 0.00284. The highest BCUT2D eigenvalue weighted by Gasteiger charge is 2.35. The summed E-state index contributed by atoms with van der Waals surface area (Å²) >= 11 is 12.9. The molecule has 46 heavy (non-hydrogen) atoms. The predicted molar refractivity (Wildman–Crippen MR) is 183 cm³/mol. The van der Waals surface area contributed by atoms with E-state index in [1.54, 1.807) is 54.6 Å². The van der Waals surface area contributed by atoms with E-state index in [-0.39, 0.29) is 35.5 Å². The van der Waals surface area contributed by atoms with Crippen LogP contribution in [-0.2, 0) is 32.6 Å². The quantitative estimate of drug-likeness (QED) is 0.171. The largest absolute Gasteiger partial charge is 0.352 e. The van der Waals surface area contributed by atoms with E-state index >= 15 is 0 Å². The second kappa shape index (κ2) is 15.6. The lowest BCUT2D eigenvalue weighted by Crippen LogP contribution is -2.55. The molecular formula is C36H37Cl2N3O4S. The second-order valence-electron chi connectivity index (χ2n) is 11.5. The number of nitrogens with zero attached hydrogens (tertiary/aromatic N) is 2. The molecule has 0 spiro atoms. The molecule has 1 saturated carbocycles. The Balaban J connectivity index is 1.56. The van der Waals surface area contributed by atoms with Crippen molar-refractivity contribution in [3.63, 3.8) is 0 Å². The first-order valence-electron chi connectivity index (χ1n) is 15.4. The van der Waals surface area contributed by atoms with Gasteiger partial charge < -0.3 is 10.2 Å². The summed E-state index contributed by atoms with van der Waals surface area (Å²) in [5.74, 6) is -0.837. The third-order valence-corrected chi connectivity index (χ3v) is 10.6. The summed E-state index contributed by atoms with van der Waals surface area (Å²) in [7, 11) is -4.21. The number of anilines is 1. The molecule has 4 aromatic carbocycles. The van der Waals surface area contributed by atoms with Gasteiger partial charge in [0, 0.05) is 29.1 Å². The van der Waals surface area contributed by atoms with Crippen molar-refractivity contribution in [3.8, 4) is 0 Å². The normalized spacial score (nSPS) is 14.3. The SMILES string of the molecule is O=C(NC1CCCCC1)[C@H](Cc1ccccc1)N(Cc1ccccc1Cl)C(=O)CN(c1cccc(Cl)c1)S(=O)(=O)c1ccccc1. The Morgan fingerprint density at radius 1 is 0.804 bits per heavy atom. The molecule has 1 aliphatic rings. The van der Waals surface area contributed by atoms with Gasteiger partial charge in [0.1, 0.15) is 12.6 Å². The molecule has 1 atom stereocenters. The third kappa shape index (κ3) is 8.49. The van der Waals surface area contributed by atoms with Gasteiger partial charge in [0.2, 0.25) is 11.8 Å². The van der Waals surface area contributed by atoms with E-state index in [1.807, 2.05) is 36.4 Å². The molecule has 0 unspecified atom stereocenters. The summed E-state index contributed by atoms with van der Waals surface area (Å²) in [6.07, 6.45) is 5.18. The highest BCUT2D eigenvalue weighted by molar-refractivity contribution is 7.92. The van der Waals surface area contributed by atoms with Crippen LogP contribution in [0.1, 0.15) is 43.2 Å². The van der Waals surface area contributed by atoms with Gasteiger partial charge in [-0.2, -0.15) is 0 Å². The van der Waals surface area contributed by atoms with Crippen LogP contribution in [0.25, 0.3) is 0 Å². The smallest absolute Gasteiger partial charge is 0.264 e. The fraction of sp³-hybridized carbons (Fsp3) is 0.278. The van der Waals surface area contributed by atoms with Crippen molar-refractivity contribution >= 4 is 50.7 Å². The van der Waals surface area contributed by atoms with Crippen molar-refractivity contribution in [2.45, 2.75) is 62.0 Å². The molecule has 0 bridgehead atoms. The van der Waals surface area contributed by atoms with Crippen LogP contribution in [0.2, 0.25) is 10.0 Å². The molecule has 240 valence electrons. The number of halogens is 2. The topological polar surface area (TPSA) is 86.8 Å². The van der Waals surface area contributed by atoms with Crippen LogP contribution in [0.5, 0.6) is 0 Å². The Hall–Kier alpha value is -3.85. The average Bonchev–Trinajstić information content (AvgIpc) is 3.07. The maximum atomic E-state index is 14.6. The second-order valence-corrected chi connectivity index (χ2v) is 14.2. The summed E-state index contributed by atoms with van der Waals surface area (Å²) in [4.78, 5) is 30.3. The maximum absolute atomic E-state index is 14.6. The van der Waals surface area contributed by atoms with Gasteiger partial charge in [-0.05, 0) is 60.4 Å². The molecule has 1 fully saturated rings. The fourth-order valence-electron chi connectivity index (χ4n) is 5.79. The Kier molecular flexibility index (Phi) is 11.4. The van der Waals surface area contributed by atoms with Crippen LogP contribution < -0.4 is 9.62 Å². The first-order valence-corrected chi connectivity index (χ1v) is 17.6. The Morgan fingerprint density at radius 2 is 1.46 bits per heavy atom. The first-order chi connectivity index (χ1) is 22.2. The van der Waals surface area contributed by atoms with E-state index < -0.39 is 28.5 Å². The number of carbonyl (C=O) groups is 2. The monoisotopic (exact) mass is 677 g/mol. The number of carbonyl (C=O) groups excluding carboxylic acids is 2. The van der Waals surface area contributed by atoms with Crippen molar-refractivity contribution in [2.24, 2.45) is 0 Å². The Labute approximate surface area is 281 Å². The zero-order chi connectivity index (χ0) is 32.5. The van der Waals surface area contributed by atoms with Crippen LogP contribution in [0.3, 0.4) is 0 Å². The summed E-state index contributed by atoms with van der Waals surface area (Å²) < 4.78 is 29.2. The molecule has 1 aliphatic carbocycles. The van der Waals surface area contributed by atoms with Gasteiger partial charge in [-0.25, -0.2) is 8.42 Å². The summed E-state index contributed by atoms with van der Waals surface area (Å²) in [5.41, 5.74) is 1.74. The number of sulfonamides is 1. The molecule has 0 aliphatic heterocycles. The lowest BCUT2D eigenvalue weighted by molar-refractivity contribution is -0.140. The van der Waals surface area contributed by atoms with E-state index in [0.717, 1.165) is 42.0 Å². The highest BCUT2D eigenvalue weighted by Crippen LogP contribution is 2.28. The zero-order valence-corrected chi connectivity index (χ0v) is 27.7. The van der Waals surface area contributed by atoms with Crippen LogP contribution in [0.15, 0.2) is 114 Å². The van der Waals surface area contributed by atoms with Crippen molar-refractivity contribution in [1.29, 1.82) is 0 Å².